The average Bonchev–Trinajstić information content (AvgIpc) is 2.16. The van der Waals surface area contributed by atoms with Gasteiger partial charge >= 0.3 is 0 Å². The maximum Gasteiger partial charge on any atom is 0.278 e. The third-order valence-electron chi connectivity index (χ3n) is 3.55. The topological polar surface area (TPSA) is 66.4 Å². The Balaban J connectivity index is 2.18. The first-order valence-electron chi connectivity index (χ1n) is 6.04. The van der Waals surface area contributed by atoms with Crippen LogP contribution in [0.4, 0.5) is 0 Å². The fourth-order valence-electron chi connectivity index (χ4n) is 2.45. The summed E-state index contributed by atoms with van der Waals surface area (Å²) in [6.07, 6.45) is 4.83. The highest BCUT2D eigenvalue weighted by molar-refractivity contribution is 7.85. The largest absolute Gasteiger partial charge is 0.301 e. The first-order valence-corrected chi connectivity index (χ1v) is 7.65. The zero-order valence-electron chi connectivity index (χ0n) is 10.1. The van der Waals surface area contributed by atoms with E-state index < -0.39 is 10.1 Å². The van der Waals surface area contributed by atoms with E-state index in [-0.39, 0.29) is 5.88 Å². The van der Waals surface area contributed by atoms with Gasteiger partial charge in [-0.25, -0.2) is 0 Å². The van der Waals surface area contributed by atoms with Crippen LogP contribution in [0.25, 0.3) is 0 Å². The molecule has 0 bridgehead atoms. The zero-order chi connectivity index (χ0) is 12.2. The normalized spacial score (nSPS) is 27.2. The maximum absolute atomic E-state index is 10.5. The first-order chi connectivity index (χ1) is 7.38. The van der Waals surface area contributed by atoms with Crippen molar-refractivity contribution in [1.29, 1.82) is 0 Å². The van der Waals surface area contributed by atoms with Gasteiger partial charge in [-0.1, -0.05) is 13.8 Å². The maximum atomic E-state index is 10.5. The van der Waals surface area contributed by atoms with Crippen molar-refractivity contribution in [3.63, 3.8) is 0 Å². The molecule has 1 aliphatic rings. The van der Waals surface area contributed by atoms with Gasteiger partial charge < -0.3 is 5.32 Å². The Bertz CT molecular complexity index is 292. The smallest absolute Gasteiger partial charge is 0.278 e. The summed E-state index contributed by atoms with van der Waals surface area (Å²) in [5, 5.41) is 2.80. The van der Waals surface area contributed by atoms with E-state index in [4.69, 9.17) is 4.55 Å². The second kappa shape index (κ2) is 5.98. The van der Waals surface area contributed by atoms with Crippen LogP contribution in [0, 0.1) is 17.8 Å². The molecule has 0 aromatic carbocycles. The van der Waals surface area contributed by atoms with E-state index in [1.807, 2.05) is 0 Å². The standard InChI is InChI=1S/C11H23NO3S/c1-9(2)11-5-3-10(4-6-11)7-12-8-16(13,14)15/h9-12H,3-8H2,1-2H3,(H,13,14,15). The Morgan fingerprint density at radius 1 is 1.25 bits per heavy atom. The molecule has 0 amide bonds. The van der Waals surface area contributed by atoms with Crippen molar-refractivity contribution in [3.05, 3.63) is 0 Å². The number of nitrogens with one attached hydrogen (secondary N) is 1. The summed E-state index contributed by atoms with van der Waals surface area (Å²) in [6, 6.07) is 0. The molecule has 4 nitrogen and oxygen atoms in total. The molecule has 5 heteroatoms. The average molecular weight is 249 g/mol. The molecule has 1 rings (SSSR count). The van der Waals surface area contributed by atoms with E-state index in [9.17, 15) is 8.42 Å². The van der Waals surface area contributed by atoms with Crippen molar-refractivity contribution in [2.45, 2.75) is 39.5 Å². The fourth-order valence-corrected chi connectivity index (χ4v) is 2.83. The summed E-state index contributed by atoms with van der Waals surface area (Å²) in [7, 11) is -3.86. The molecule has 16 heavy (non-hydrogen) atoms. The van der Waals surface area contributed by atoms with E-state index in [0.29, 0.717) is 12.5 Å². The summed E-state index contributed by atoms with van der Waals surface area (Å²) in [4.78, 5) is 0. The van der Waals surface area contributed by atoms with Crippen LogP contribution in [0.3, 0.4) is 0 Å². The minimum Gasteiger partial charge on any atom is -0.301 e. The molecule has 0 spiro atoms. The number of rotatable bonds is 5. The van der Waals surface area contributed by atoms with E-state index in [1.54, 1.807) is 0 Å². The lowest BCUT2D eigenvalue weighted by Crippen LogP contribution is -2.31. The molecule has 0 unspecified atom stereocenters. The van der Waals surface area contributed by atoms with Gasteiger partial charge in [-0.05, 0) is 50.0 Å². The van der Waals surface area contributed by atoms with Crippen molar-refractivity contribution >= 4 is 10.1 Å². The fraction of sp³-hybridized carbons (Fsp3) is 1.00. The highest BCUT2D eigenvalue weighted by Gasteiger charge is 2.23. The molecule has 1 aliphatic carbocycles. The SMILES string of the molecule is CC(C)C1CCC(CNCS(=O)(=O)O)CC1. The monoisotopic (exact) mass is 249 g/mol. The Hall–Kier alpha value is -0.130. The second-order valence-electron chi connectivity index (χ2n) is 5.21. The van der Waals surface area contributed by atoms with E-state index in [2.05, 4.69) is 19.2 Å². The van der Waals surface area contributed by atoms with Gasteiger partial charge in [-0.3, -0.25) is 4.55 Å². The molecule has 0 atom stereocenters. The van der Waals surface area contributed by atoms with Crippen LogP contribution in [0.1, 0.15) is 39.5 Å². The molecule has 96 valence electrons. The zero-order valence-corrected chi connectivity index (χ0v) is 11.0. The third-order valence-corrected chi connectivity index (χ3v) is 4.12. The first kappa shape index (κ1) is 13.9. The molecule has 0 aromatic heterocycles. The number of hydrogen-bond donors (Lipinski definition) is 2. The van der Waals surface area contributed by atoms with Crippen molar-refractivity contribution in [2.24, 2.45) is 17.8 Å². The van der Waals surface area contributed by atoms with Crippen LogP contribution >= 0.6 is 0 Å². The lowest BCUT2D eigenvalue weighted by atomic mass is 9.77. The molecule has 2 N–H and O–H groups in total. The Morgan fingerprint density at radius 3 is 2.25 bits per heavy atom. The third kappa shape index (κ3) is 5.27. The van der Waals surface area contributed by atoms with Crippen LogP contribution in [-0.4, -0.2) is 25.4 Å². The molecular weight excluding hydrogens is 226 g/mol. The summed E-state index contributed by atoms with van der Waals surface area (Å²) < 4.78 is 29.6. The van der Waals surface area contributed by atoms with Crippen LogP contribution in [0.15, 0.2) is 0 Å². The van der Waals surface area contributed by atoms with Gasteiger partial charge in [-0.2, -0.15) is 8.42 Å². The van der Waals surface area contributed by atoms with Gasteiger partial charge in [-0.15, -0.1) is 0 Å². The highest BCUT2D eigenvalue weighted by atomic mass is 32.2. The second-order valence-corrected chi connectivity index (χ2v) is 6.66. The molecule has 0 radical (unpaired) electrons. The van der Waals surface area contributed by atoms with Crippen LogP contribution in [0.2, 0.25) is 0 Å². The van der Waals surface area contributed by atoms with Crippen molar-refractivity contribution in [1.82, 2.24) is 5.32 Å². The summed E-state index contributed by atoms with van der Waals surface area (Å²) in [5.41, 5.74) is 0. The van der Waals surface area contributed by atoms with Crippen molar-refractivity contribution < 1.29 is 13.0 Å². The number of hydrogen-bond acceptors (Lipinski definition) is 3. The van der Waals surface area contributed by atoms with Crippen molar-refractivity contribution in [3.8, 4) is 0 Å². The lowest BCUT2D eigenvalue weighted by molar-refractivity contribution is 0.222. The minimum absolute atomic E-state index is 0.322. The Morgan fingerprint density at radius 2 is 1.81 bits per heavy atom. The van der Waals surface area contributed by atoms with Gasteiger partial charge in [0.2, 0.25) is 0 Å². The summed E-state index contributed by atoms with van der Waals surface area (Å²) >= 11 is 0. The highest BCUT2D eigenvalue weighted by Crippen LogP contribution is 2.32. The predicted molar refractivity (Wildman–Crippen MR) is 64.7 cm³/mol. The molecule has 1 saturated carbocycles. The van der Waals surface area contributed by atoms with Gasteiger partial charge in [0.15, 0.2) is 0 Å². The molecule has 0 heterocycles. The Labute approximate surface area is 98.6 Å². The molecular formula is C11H23NO3S. The quantitative estimate of drug-likeness (QED) is 0.730. The van der Waals surface area contributed by atoms with Crippen LogP contribution in [0.5, 0.6) is 0 Å². The van der Waals surface area contributed by atoms with Gasteiger partial charge in [0.05, 0.1) is 0 Å². The van der Waals surface area contributed by atoms with E-state index in [0.717, 1.165) is 11.8 Å². The molecule has 1 fully saturated rings. The van der Waals surface area contributed by atoms with E-state index >= 15 is 0 Å². The summed E-state index contributed by atoms with van der Waals surface area (Å²) in [6.45, 7) is 5.23. The molecule has 0 aliphatic heterocycles. The van der Waals surface area contributed by atoms with Crippen molar-refractivity contribution in [2.75, 3.05) is 12.4 Å². The van der Waals surface area contributed by atoms with Crippen LogP contribution in [-0.2, 0) is 10.1 Å². The van der Waals surface area contributed by atoms with Gasteiger partial charge in [0, 0.05) is 0 Å². The summed E-state index contributed by atoms with van der Waals surface area (Å²) in [5.74, 6) is 1.83. The van der Waals surface area contributed by atoms with E-state index in [1.165, 1.54) is 25.7 Å². The minimum atomic E-state index is -3.86. The predicted octanol–water partition coefficient (Wildman–Crippen LogP) is 1.88. The molecule has 0 aromatic rings. The van der Waals surface area contributed by atoms with Crippen LogP contribution < -0.4 is 5.32 Å². The molecule has 0 saturated heterocycles. The van der Waals surface area contributed by atoms with Gasteiger partial charge in [0.1, 0.15) is 5.88 Å². The Kier molecular flexibility index (Phi) is 5.21. The lowest BCUT2D eigenvalue weighted by Gasteiger charge is -2.30. The van der Waals surface area contributed by atoms with Gasteiger partial charge in [0.25, 0.3) is 10.1 Å².